The second kappa shape index (κ2) is 4.91. The van der Waals surface area contributed by atoms with Crippen LogP contribution in [0.5, 0.6) is 0 Å². The fourth-order valence-electron chi connectivity index (χ4n) is 1.60. The fraction of sp³-hybridized carbons (Fsp3) is 0.250. The molecule has 0 saturated carbocycles. The molecule has 0 radical (unpaired) electrons. The average molecular weight is 266 g/mol. The molecule has 1 aromatic carbocycles. The Morgan fingerprint density at radius 1 is 1.22 bits per heavy atom. The van der Waals surface area contributed by atoms with Crippen LogP contribution in [-0.2, 0) is 16.6 Å². The molecule has 2 aromatic rings. The molecule has 0 aliphatic rings. The Labute approximate surface area is 106 Å². The number of hydrogen-bond donors (Lipinski definition) is 1. The van der Waals surface area contributed by atoms with E-state index in [2.05, 4.69) is 9.88 Å². The number of aromatic nitrogens is 1. The van der Waals surface area contributed by atoms with E-state index in [-0.39, 0.29) is 11.4 Å². The van der Waals surface area contributed by atoms with E-state index in [1.54, 1.807) is 44.2 Å². The quantitative estimate of drug-likeness (QED) is 0.915. The van der Waals surface area contributed by atoms with E-state index in [1.807, 2.05) is 0 Å². The van der Waals surface area contributed by atoms with Crippen LogP contribution in [0.3, 0.4) is 0 Å². The van der Waals surface area contributed by atoms with Crippen molar-refractivity contribution in [3.63, 3.8) is 0 Å². The molecular formula is C12H14N2O3S. The van der Waals surface area contributed by atoms with Gasteiger partial charge >= 0.3 is 0 Å². The first-order chi connectivity index (χ1) is 8.50. The van der Waals surface area contributed by atoms with Gasteiger partial charge in [-0.2, -0.15) is 0 Å². The van der Waals surface area contributed by atoms with Crippen molar-refractivity contribution in [2.45, 2.75) is 25.3 Å². The van der Waals surface area contributed by atoms with E-state index in [1.165, 1.54) is 0 Å². The first-order valence-electron chi connectivity index (χ1n) is 5.47. The van der Waals surface area contributed by atoms with Crippen molar-refractivity contribution in [2.75, 3.05) is 0 Å². The van der Waals surface area contributed by atoms with Crippen LogP contribution in [0.15, 0.2) is 39.8 Å². The van der Waals surface area contributed by atoms with Crippen molar-refractivity contribution in [1.82, 2.24) is 9.88 Å². The van der Waals surface area contributed by atoms with Crippen molar-refractivity contribution in [3.8, 4) is 0 Å². The van der Waals surface area contributed by atoms with Gasteiger partial charge < -0.3 is 4.52 Å². The van der Waals surface area contributed by atoms with Gasteiger partial charge in [0, 0.05) is 12.1 Å². The summed E-state index contributed by atoms with van der Waals surface area (Å²) in [4.78, 5) is 0.247. The summed E-state index contributed by atoms with van der Waals surface area (Å²) in [5.41, 5.74) is 1.47. The third-order valence-corrected chi connectivity index (χ3v) is 4.09. The zero-order valence-corrected chi connectivity index (χ0v) is 11.0. The van der Waals surface area contributed by atoms with Gasteiger partial charge in [0.05, 0.1) is 10.6 Å². The molecule has 0 unspecified atom stereocenters. The lowest BCUT2D eigenvalue weighted by atomic mass is 10.2. The molecule has 0 saturated heterocycles. The molecule has 0 amide bonds. The van der Waals surface area contributed by atoms with E-state index in [4.69, 9.17) is 4.52 Å². The number of nitrogens with one attached hydrogen (secondary N) is 1. The molecule has 0 aliphatic heterocycles. The second-order valence-electron chi connectivity index (χ2n) is 3.94. The molecular weight excluding hydrogens is 252 g/mol. The molecule has 0 atom stereocenters. The molecule has 0 spiro atoms. The van der Waals surface area contributed by atoms with Crippen LogP contribution in [0, 0.1) is 13.8 Å². The predicted octanol–water partition coefficient (Wildman–Crippen LogP) is 1.77. The normalized spacial score (nSPS) is 11.7. The Morgan fingerprint density at radius 3 is 2.44 bits per heavy atom. The number of nitrogens with zero attached hydrogens (tertiary/aromatic N) is 1. The number of rotatable bonds is 4. The van der Waals surface area contributed by atoms with Gasteiger partial charge in [0.15, 0.2) is 0 Å². The fourth-order valence-corrected chi connectivity index (χ4v) is 2.62. The Morgan fingerprint density at radius 2 is 1.89 bits per heavy atom. The Kier molecular flexibility index (Phi) is 3.49. The summed E-state index contributed by atoms with van der Waals surface area (Å²) in [5, 5.41) is 3.78. The molecule has 1 N–H and O–H groups in total. The molecule has 0 aliphatic carbocycles. The third-order valence-electron chi connectivity index (χ3n) is 2.67. The molecule has 6 heteroatoms. The molecule has 5 nitrogen and oxygen atoms in total. The summed E-state index contributed by atoms with van der Waals surface area (Å²) < 4.78 is 31.5. The molecule has 96 valence electrons. The van der Waals surface area contributed by atoms with Gasteiger partial charge in [-0.05, 0) is 26.0 Å². The van der Waals surface area contributed by atoms with Crippen molar-refractivity contribution in [3.05, 3.63) is 47.3 Å². The maximum absolute atomic E-state index is 12.0. The maximum atomic E-state index is 12.0. The third kappa shape index (κ3) is 2.60. The molecule has 1 heterocycles. The lowest BCUT2D eigenvalue weighted by Gasteiger charge is -2.06. The second-order valence-corrected chi connectivity index (χ2v) is 5.71. The first kappa shape index (κ1) is 12.8. The highest BCUT2D eigenvalue weighted by Crippen LogP contribution is 2.14. The molecule has 0 fully saturated rings. The predicted molar refractivity (Wildman–Crippen MR) is 66.4 cm³/mol. The van der Waals surface area contributed by atoms with E-state index >= 15 is 0 Å². The summed E-state index contributed by atoms with van der Waals surface area (Å²) in [6.45, 7) is 3.72. The largest absolute Gasteiger partial charge is 0.361 e. The van der Waals surface area contributed by atoms with Crippen molar-refractivity contribution >= 4 is 10.0 Å². The zero-order valence-electron chi connectivity index (χ0n) is 10.2. The van der Waals surface area contributed by atoms with Crippen LogP contribution in [0.1, 0.15) is 17.0 Å². The Hall–Kier alpha value is -1.66. The van der Waals surface area contributed by atoms with Gasteiger partial charge in [0.2, 0.25) is 10.0 Å². The van der Waals surface area contributed by atoms with E-state index in [0.717, 1.165) is 5.56 Å². The molecule has 2 rings (SSSR count). The average Bonchev–Trinajstić information content (AvgIpc) is 2.68. The summed E-state index contributed by atoms with van der Waals surface area (Å²) >= 11 is 0. The highest BCUT2D eigenvalue weighted by Gasteiger charge is 2.16. The standard InChI is InChI=1S/C12H14N2O3S/c1-9-12(10(2)17-14-9)8-13-18(15,16)11-6-4-3-5-7-11/h3-7,13H,8H2,1-2H3. The minimum absolute atomic E-state index is 0.179. The van der Waals surface area contributed by atoms with Gasteiger partial charge in [0.25, 0.3) is 0 Å². The summed E-state index contributed by atoms with van der Waals surface area (Å²) in [7, 11) is -3.49. The minimum Gasteiger partial charge on any atom is -0.361 e. The van der Waals surface area contributed by atoms with Crippen LogP contribution < -0.4 is 4.72 Å². The summed E-state index contributed by atoms with van der Waals surface area (Å²) in [5.74, 6) is 0.628. The van der Waals surface area contributed by atoms with Gasteiger partial charge in [0.1, 0.15) is 5.76 Å². The van der Waals surface area contributed by atoms with E-state index in [9.17, 15) is 8.42 Å². The molecule has 0 bridgehead atoms. The van der Waals surface area contributed by atoms with Crippen LogP contribution in [0.2, 0.25) is 0 Å². The Balaban J connectivity index is 2.16. The molecule has 18 heavy (non-hydrogen) atoms. The van der Waals surface area contributed by atoms with Crippen LogP contribution in [0.4, 0.5) is 0 Å². The van der Waals surface area contributed by atoms with Gasteiger partial charge in [-0.3, -0.25) is 0 Å². The lowest BCUT2D eigenvalue weighted by Crippen LogP contribution is -2.23. The van der Waals surface area contributed by atoms with Crippen molar-refractivity contribution in [1.29, 1.82) is 0 Å². The summed E-state index contributed by atoms with van der Waals surface area (Å²) in [6, 6.07) is 8.24. The first-order valence-corrected chi connectivity index (χ1v) is 6.95. The molecule has 1 aromatic heterocycles. The highest BCUT2D eigenvalue weighted by atomic mass is 32.2. The van der Waals surface area contributed by atoms with Gasteiger partial charge in [-0.15, -0.1) is 0 Å². The van der Waals surface area contributed by atoms with Crippen LogP contribution in [-0.4, -0.2) is 13.6 Å². The van der Waals surface area contributed by atoms with Crippen molar-refractivity contribution < 1.29 is 12.9 Å². The zero-order chi connectivity index (χ0) is 13.2. The number of aryl methyl sites for hydroxylation is 2. The number of sulfonamides is 1. The lowest BCUT2D eigenvalue weighted by molar-refractivity contribution is 0.392. The maximum Gasteiger partial charge on any atom is 0.240 e. The van der Waals surface area contributed by atoms with Crippen LogP contribution >= 0.6 is 0 Å². The number of hydrogen-bond acceptors (Lipinski definition) is 4. The number of benzene rings is 1. The van der Waals surface area contributed by atoms with Gasteiger partial charge in [-0.1, -0.05) is 23.4 Å². The van der Waals surface area contributed by atoms with E-state index < -0.39 is 10.0 Å². The van der Waals surface area contributed by atoms with Crippen LogP contribution in [0.25, 0.3) is 0 Å². The topological polar surface area (TPSA) is 72.2 Å². The smallest absolute Gasteiger partial charge is 0.240 e. The minimum atomic E-state index is -3.49. The van der Waals surface area contributed by atoms with E-state index in [0.29, 0.717) is 11.5 Å². The summed E-state index contributed by atoms with van der Waals surface area (Å²) in [6.07, 6.45) is 0. The van der Waals surface area contributed by atoms with Gasteiger partial charge in [-0.25, -0.2) is 13.1 Å². The highest BCUT2D eigenvalue weighted by molar-refractivity contribution is 7.89. The Bertz CT molecular complexity index is 613. The SMILES string of the molecule is Cc1noc(C)c1CNS(=O)(=O)c1ccccc1. The monoisotopic (exact) mass is 266 g/mol. The van der Waals surface area contributed by atoms with Crippen molar-refractivity contribution in [2.24, 2.45) is 0 Å².